The summed E-state index contributed by atoms with van der Waals surface area (Å²) < 4.78 is 9.38. The minimum atomic E-state index is -0.975. The van der Waals surface area contributed by atoms with E-state index in [0.717, 1.165) is 31.5 Å². The lowest BCUT2D eigenvalue weighted by atomic mass is 9.94. The number of benzene rings is 1. The van der Waals surface area contributed by atoms with E-state index in [4.69, 9.17) is 16.3 Å². The summed E-state index contributed by atoms with van der Waals surface area (Å²) in [4.78, 5) is 27.7. The minimum Gasteiger partial charge on any atom is -0.478 e. The molecule has 168 valence electrons. The van der Waals surface area contributed by atoms with Crippen molar-refractivity contribution in [2.75, 3.05) is 13.1 Å². The zero-order chi connectivity index (χ0) is 22.2. The van der Waals surface area contributed by atoms with Crippen LogP contribution in [-0.4, -0.2) is 43.8 Å². The maximum absolute atomic E-state index is 13.2. The fourth-order valence-corrected chi connectivity index (χ4v) is 4.97. The first-order chi connectivity index (χ1) is 14.8. The van der Waals surface area contributed by atoms with E-state index < -0.39 is 5.60 Å². The van der Waals surface area contributed by atoms with Gasteiger partial charge in [-0.25, -0.2) is 9.48 Å². The number of hydrogen-bond donors (Lipinski definition) is 0. The number of aryl methyl sites for hydroxylation is 1. The molecule has 8 heteroatoms. The van der Waals surface area contributed by atoms with E-state index >= 15 is 0 Å². The smallest absolute Gasteiger partial charge is 0.345 e. The van der Waals surface area contributed by atoms with Gasteiger partial charge in [0.1, 0.15) is 11.6 Å². The van der Waals surface area contributed by atoms with Gasteiger partial charge in [0.2, 0.25) is 0 Å². The number of carbonyl (C=O) groups excluding carboxylic acids is 1. The van der Waals surface area contributed by atoms with Crippen LogP contribution in [0.2, 0.25) is 5.02 Å². The van der Waals surface area contributed by atoms with Gasteiger partial charge in [0.05, 0.1) is 0 Å². The van der Waals surface area contributed by atoms with Crippen LogP contribution in [0, 0.1) is 0 Å². The number of halogens is 1. The van der Waals surface area contributed by atoms with Crippen molar-refractivity contribution in [1.29, 1.82) is 0 Å². The topological polar surface area (TPSA) is 69.4 Å². The molecule has 0 radical (unpaired) electrons. The van der Waals surface area contributed by atoms with Crippen molar-refractivity contribution in [3.8, 4) is 5.75 Å². The first-order valence-corrected chi connectivity index (χ1v) is 11.5. The van der Waals surface area contributed by atoms with Gasteiger partial charge >= 0.3 is 5.69 Å². The minimum absolute atomic E-state index is 0.0158. The molecular weight excluding hydrogens is 416 g/mol. The SMILES string of the molecule is Cn1nc(C2CCN(C(=O)C(C)(C)Oc3ccc(Cl)cc3)CC2)n(C2CCCC2)c1=O. The zero-order valence-electron chi connectivity index (χ0n) is 18.5. The van der Waals surface area contributed by atoms with Gasteiger partial charge in [-0.2, -0.15) is 5.10 Å². The molecule has 0 atom stereocenters. The second-order valence-electron chi connectivity index (χ2n) is 9.21. The molecule has 31 heavy (non-hydrogen) atoms. The highest BCUT2D eigenvalue weighted by Gasteiger charge is 2.37. The summed E-state index contributed by atoms with van der Waals surface area (Å²) in [5, 5.41) is 5.22. The van der Waals surface area contributed by atoms with E-state index in [9.17, 15) is 9.59 Å². The molecule has 2 aromatic rings. The summed E-state index contributed by atoms with van der Waals surface area (Å²) in [5.41, 5.74) is -0.990. The van der Waals surface area contributed by atoms with E-state index in [-0.39, 0.29) is 23.6 Å². The van der Waals surface area contributed by atoms with Crippen molar-refractivity contribution in [2.45, 2.75) is 69.9 Å². The Morgan fingerprint density at radius 3 is 2.32 bits per heavy atom. The molecule has 2 heterocycles. The summed E-state index contributed by atoms with van der Waals surface area (Å²) in [7, 11) is 1.73. The molecule has 1 aromatic heterocycles. The Kier molecular flexibility index (Phi) is 6.15. The average Bonchev–Trinajstić information content (AvgIpc) is 3.37. The number of aromatic nitrogens is 3. The lowest BCUT2D eigenvalue weighted by Crippen LogP contribution is -2.51. The van der Waals surface area contributed by atoms with Gasteiger partial charge in [-0.15, -0.1) is 0 Å². The number of piperidine rings is 1. The predicted octanol–water partition coefficient (Wildman–Crippen LogP) is 3.91. The largest absolute Gasteiger partial charge is 0.478 e. The summed E-state index contributed by atoms with van der Waals surface area (Å²) in [6, 6.07) is 7.31. The Balaban J connectivity index is 1.43. The highest BCUT2D eigenvalue weighted by Crippen LogP contribution is 2.34. The van der Waals surface area contributed by atoms with Crippen LogP contribution >= 0.6 is 11.6 Å². The number of carbonyl (C=O) groups is 1. The highest BCUT2D eigenvalue weighted by molar-refractivity contribution is 6.30. The first kappa shape index (κ1) is 21.9. The second-order valence-corrected chi connectivity index (χ2v) is 9.64. The Hall–Kier alpha value is -2.28. The number of amides is 1. The fraction of sp³-hybridized carbons (Fsp3) is 0.609. The lowest BCUT2D eigenvalue weighted by Gasteiger charge is -2.37. The van der Waals surface area contributed by atoms with E-state index in [1.165, 1.54) is 17.5 Å². The number of hydrogen-bond acceptors (Lipinski definition) is 4. The van der Waals surface area contributed by atoms with E-state index in [1.807, 2.05) is 9.47 Å². The van der Waals surface area contributed by atoms with Crippen LogP contribution in [-0.2, 0) is 11.8 Å². The average molecular weight is 447 g/mol. The van der Waals surface area contributed by atoms with Gasteiger partial charge in [0.15, 0.2) is 5.60 Å². The summed E-state index contributed by atoms with van der Waals surface area (Å²) in [5.74, 6) is 1.67. The maximum atomic E-state index is 13.2. The molecular formula is C23H31ClN4O3. The van der Waals surface area contributed by atoms with Gasteiger partial charge in [-0.05, 0) is 63.8 Å². The van der Waals surface area contributed by atoms with E-state index in [0.29, 0.717) is 23.9 Å². The van der Waals surface area contributed by atoms with Crippen molar-refractivity contribution >= 4 is 17.5 Å². The number of nitrogens with zero attached hydrogens (tertiary/aromatic N) is 4. The molecule has 1 saturated carbocycles. The Morgan fingerprint density at radius 2 is 1.71 bits per heavy atom. The van der Waals surface area contributed by atoms with E-state index in [2.05, 4.69) is 5.10 Å². The summed E-state index contributed by atoms with van der Waals surface area (Å²) in [6.45, 7) is 4.86. The number of ether oxygens (including phenoxy) is 1. The Morgan fingerprint density at radius 1 is 1.10 bits per heavy atom. The van der Waals surface area contributed by atoms with Crippen molar-refractivity contribution in [2.24, 2.45) is 7.05 Å². The van der Waals surface area contributed by atoms with Crippen LogP contribution in [0.15, 0.2) is 29.1 Å². The second kappa shape index (κ2) is 8.69. The molecule has 0 N–H and O–H groups in total. The van der Waals surface area contributed by atoms with Crippen molar-refractivity contribution in [1.82, 2.24) is 19.2 Å². The standard InChI is InChI=1S/C23H31ClN4O3/c1-23(2,31-19-10-8-17(24)9-11-19)21(29)27-14-12-16(13-15-27)20-25-26(3)22(30)28(20)18-6-4-5-7-18/h8-11,16,18H,4-7,12-15H2,1-3H3. The zero-order valence-corrected chi connectivity index (χ0v) is 19.3. The molecule has 1 amide bonds. The number of likely N-dealkylation sites (tertiary alicyclic amines) is 1. The van der Waals surface area contributed by atoms with Crippen LogP contribution in [0.25, 0.3) is 0 Å². The molecule has 4 rings (SSSR count). The van der Waals surface area contributed by atoms with Gasteiger partial charge in [0, 0.05) is 37.1 Å². The fourth-order valence-electron chi connectivity index (χ4n) is 4.85. The molecule has 1 aliphatic carbocycles. The number of rotatable bonds is 5. The Labute approximate surface area is 187 Å². The molecule has 1 saturated heterocycles. The molecule has 0 unspecified atom stereocenters. The predicted molar refractivity (Wildman–Crippen MR) is 120 cm³/mol. The van der Waals surface area contributed by atoms with Gasteiger partial charge < -0.3 is 9.64 Å². The van der Waals surface area contributed by atoms with Gasteiger partial charge in [-0.1, -0.05) is 24.4 Å². The van der Waals surface area contributed by atoms with E-state index in [1.54, 1.807) is 45.2 Å². The third kappa shape index (κ3) is 4.52. The van der Waals surface area contributed by atoms with Crippen LogP contribution in [0.3, 0.4) is 0 Å². The van der Waals surface area contributed by atoms with Crippen LogP contribution in [0.4, 0.5) is 0 Å². The molecule has 2 aliphatic rings. The maximum Gasteiger partial charge on any atom is 0.345 e. The molecule has 1 aliphatic heterocycles. The molecule has 7 nitrogen and oxygen atoms in total. The lowest BCUT2D eigenvalue weighted by molar-refractivity contribution is -0.146. The highest BCUT2D eigenvalue weighted by atomic mass is 35.5. The first-order valence-electron chi connectivity index (χ1n) is 11.2. The quantitative estimate of drug-likeness (QED) is 0.698. The summed E-state index contributed by atoms with van der Waals surface area (Å²) in [6.07, 6.45) is 6.03. The Bertz CT molecular complexity index is 981. The van der Waals surface area contributed by atoms with Crippen molar-refractivity contribution in [3.63, 3.8) is 0 Å². The van der Waals surface area contributed by atoms with Gasteiger partial charge in [0.25, 0.3) is 5.91 Å². The van der Waals surface area contributed by atoms with Crippen LogP contribution in [0.5, 0.6) is 5.75 Å². The molecule has 1 aromatic carbocycles. The van der Waals surface area contributed by atoms with Crippen molar-refractivity contribution < 1.29 is 9.53 Å². The molecule has 0 spiro atoms. The third-order valence-corrected chi connectivity index (χ3v) is 6.77. The van der Waals surface area contributed by atoms with Crippen LogP contribution < -0.4 is 10.4 Å². The molecule has 0 bridgehead atoms. The van der Waals surface area contributed by atoms with Crippen LogP contribution in [0.1, 0.15) is 70.2 Å². The monoisotopic (exact) mass is 446 g/mol. The van der Waals surface area contributed by atoms with Crippen molar-refractivity contribution in [3.05, 3.63) is 45.6 Å². The van der Waals surface area contributed by atoms with Gasteiger partial charge in [-0.3, -0.25) is 9.36 Å². The molecule has 2 fully saturated rings. The normalized spacial score (nSPS) is 18.5. The third-order valence-electron chi connectivity index (χ3n) is 6.52. The summed E-state index contributed by atoms with van der Waals surface area (Å²) >= 11 is 5.94.